The highest BCUT2D eigenvalue weighted by Gasteiger charge is 2.02. The summed E-state index contributed by atoms with van der Waals surface area (Å²) in [6.45, 7) is 1.53. The minimum absolute atomic E-state index is 0.0373. The Labute approximate surface area is 81.8 Å². The number of hydrogen-bond donors (Lipinski definition) is 1. The molecule has 70 valence electrons. The summed E-state index contributed by atoms with van der Waals surface area (Å²) in [6, 6.07) is 10.6. The second-order valence-corrected chi connectivity index (χ2v) is 3.27. The number of phenols is 1. The summed E-state index contributed by atoms with van der Waals surface area (Å²) < 4.78 is 0. The highest BCUT2D eigenvalue weighted by Crippen LogP contribution is 2.24. The SMILES string of the molecule is CC(=O)c1ccc2c(O)cccc2c1. The van der Waals surface area contributed by atoms with E-state index in [9.17, 15) is 9.90 Å². The molecule has 2 rings (SSSR count). The molecule has 0 atom stereocenters. The number of benzene rings is 2. The Morgan fingerprint density at radius 2 is 2.00 bits per heavy atom. The summed E-state index contributed by atoms with van der Waals surface area (Å²) in [4.78, 5) is 11.1. The fraction of sp³-hybridized carbons (Fsp3) is 0.0833. The van der Waals surface area contributed by atoms with Gasteiger partial charge in [-0.2, -0.15) is 0 Å². The zero-order chi connectivity index (χ0) is 10.1. The maximum atomic E-state index is 11.1. The van der Waals surface area contributed by atoms with Crippen LogP contribution in [0, 0.1) is 0 Å². The van der Waals surface area contributed by atoms with Crippen LogP contribution < -0.4 is 0 Å². The number of carbonyl (C=O) groups is 1. The minimum atomic E-state index is 0.0373. The van der Waals surface area contributed by atoms with Crippen LogP contribution in [0.5, 0.6) is 5.75 Å². The molecule has 0 aliphatic heterocycles. The van der Waals surface area contributed by atoms with Gasteiger partial charge in [0.1, 0.15) is 5.75 Å². The zero-order valence-corrected chi connectivity index (χ0v) is 7.82. The number of hydrogen-bond acceptors (Lipinski definition) is 2. The van der Waals surface area contributed by atoms with Gasteiger partial charge in [0.05, 0.1) is 0 Å². The average Bonchev–Trinajstić information content (AvgIpc) is 2.17. The third-order valence-electron chi connectivity index (χ3n) is 2.26. The number of carbonyl (C=O) groups excluding carboxylic acids is 1. The molecule has 14 heavy (non-hydrogen) atoms. The predicted molar refractivity (Wildman–Crippen MR) is 55.6 cm³/mol. The van der Waals surface area contributed by atoms with E-state index in [1.54, 1.807) is 30.3 Å². The van der Waals surface area contributed by atoms with Crippen molar-refractivity contribution < 1.29 is 9.90 Å². The van der Waals surface area contributed by atoms with Gasteiger partial charge in [0.25, 0.3) is 0 Å². The van der Waals surface area contributed by atoms with Crippen LogP contribution in [0.15, 0.2) is 36.4 Å². The molecule has 0 aromatic heterocycles. The lowest BCUT2D eigenvalue weighted by molar-refractivity contribution is 0.101. The average molecular weight is 186 g/mol. The van der Waals surface area contributed by atoms with Crippen molar-refractivity contribution in [3.05, 3.63) is 42.0 Å². The Hall–Kier alpha value is -1.83. The Balaban J connectivity index is 2.73. The van der Waals surface area contributed by atoms with E-state index in [0.717, 1.165) is 10.8 Å². The fourth-order valence-corrected chi connectivity index (χ4v) is 1.49. The molecule has 0 aliphatic carbocycles. The topological polar surface area (TPSA) is 37.3 Å². The molecular formula is C12H10O2. The lowest BCUT2D eigenvalue weighted by Gasteiger charge is -2.02. The lowest BCUT2D eigenvalue weighted by atomic mass is 10.0. The van der Waals surface area contributed by atoms with Gasteiger partial charge in [-0.25, -0.2) is 0 Å². The van der Waals surface area contributed by atoms with E-state index in [-0.39, 0.29) is 11.5 Å². The lowest BCUT2D eigenvalue weighted by Crippen LogP contribution is -1.90. The molecule has 0 unspecified atom stereocenters. The van der Waals surface area contributed by atoms with Gasteiger partial charge in [0, 0.05) is 10.9 Å². The summed E-state index contributed by atoms with van der Waals surface area (Å²) in [7, 11) is 0. The smallest absolute Gasteiger partial charge is 0.159 e. The summed E-state index contributed by atoms with van der Waals surface area (Å²) in [5, 5.41) is 11.2. The number of fused-ring (bicyclic) bond motifs is 1. The van der Waals surface area contributed by atoms with Crippen LogP contribution in [0.25, 0.3) is 10.8 Å². The summed E-state index contributed by atoms with van der Waals surface area (Å²) in [5.41, 5.74) is 0.670. The first-order valence-corrected chi connectivity index (χ1v) is 4.41. The molecule has 2 aromatic rings. The first kappa shape index (κ1) is 8.75. The van der Waals surface area contributed by atoms with Gasteiger partial charge in [-0.1, -0.05) is 18.2 Å². The highest BCUT2D eigenvalue weighted by atomic mass is 16.3. The monoisotopic (exact) mass is 186 g/mol. The van der Waals surface area contributed by atoms with Crippen LogP contribution in [0.1, 0.15) is 17.3 Å². The molecule has 0 saturated carbocycles. The largest absolute Gasteiger partial charge is 0.507 e. The number of ketones is 1. The molecule has 0 amide bonds. The molecule has 2 nitrogen and oxygen atoms in total. The first-order chi connectivity index (χ1) is 6.68. The van der Waals surface area contributed by atoms with Crippen molar-refractivity contribution >= 4 is 16.6 Å². The Morgan fingerprint density at radius 3 is 2.71 bits per heavy atom. The quantitative estimate of drug-likeness (QED) is 0.695. The van der Waals surface area contributed by atoms with Crippen LogP contribution in [-0.2, 0) is 0 Å². The molecule has 1 N–H and O–H groups in total. The normalized spacial score (nSPS) is 10.4. The van der Waals surface area contributed by atoms with Crippen molar-refractivity contribution in [2.45, 2.75) is 6.92 Å². The molecule has 0 radical (unpaired) electrons. The summed E-state index contributed by atoms with van der Waals surface area (Å²) >= 11 is 0. The standard InChI is InChI=1S/C12H10O2/c1-8(13)9-5-6-11-10(7-9)3-2-4-12(11)14/h2-7,14H,1H3. The Kier molecular flexibility index (Phi) is 1.97. The fourth-order valence-electron chi connectivity index (χ4n) is 1.49. The van der Waals surface area contributed by atoms with Gasteiger partial charge in [-0.3, -0.25) is 4.79 Å². The van der Waals surface area contributed by atoms with Gasteiger partial charge < -0.3 is 5.11 Å². The molecule has 0 bridgehead atoms. The zero-order valence-electron chi connectivity index (χ0n) is 7.82. The molecule has 2 heteroatoms. The van der Waals surface area contributed by atoms with Gasteiger partial charge in [0.15, 0.2) is 5.78 Å². The molecule has 2 aromatic carbocycles. The van der Waals surface area contributed by atoms with Crippen molar-refractivity contribution in [1.29, 1.82) is 0 Å². The second-order valence-electron chi connectivity index (χ2n) is 3.27. The van der Waals surface area contributed by atoms with Gasteiger partial charge in [-0.05, 0) is 30.5 Å². The second kappa shape index (κ2) is 3.14. The van der Waals surface area contributed by atoms with E-state index in [1.165, 1.54) is 6.92 Å². The van der Waals surface area contributed by atoms with E-state index in [2.05, 4.69) is 0 Å². The Morgan fingerprint density at radius 1 is 1.21 bits per heavy atom. The van der Waals surface area contributed by atoms with Crippen LogP contribution in [0.4, 0.5) is 0 Å². The molecule has 0 fully saturated rings. The van der Waals surface area contributed by atoms with Gasteiger partial charge in [-0.15, -0.1) is 0 Å². The van der Waals surface area contributed by atoms with E-state index in [4.69, 9.17) is 0 Å². The van der Waals surface area contributed by atoms with Crippen LogP contribution in [0.2, 0.25) is 0 Å². The maximum absolute atomic E-state index is 11.1. The predicted octanol–water partition coefficient (Wildman–Crippen LogP) is 2.75. The number of phenolic OH excluding ortho intramolecular Hbond substituents is 1. The van der Waals surface area contributed by atoms with Crippen molar-refractivity contribution in [2.24, 2.45) is 0 Å². The van der Waals surface area contributed by atoms with Crippen molar-refractivity contribution in [1.82, 2.24) is 0 Å². The molecule has 0 aliphatic rings. The van der Waals surface area contributed by atoms with E-state index in [1.807, 2.05) is 6.07 Å². The number of rotatable bonds is 1. The molecule has 0 heterocycles. The summed E-state index contributed by atoms with van der Waals surface area (Å²) in [6.07, 6.45) is 0. The summed E-state index contributed by atoms with van der Waals surface area (Å²) in [5.74, 6) is 0.285. The minimum Gasteiger partial charge on any atom is -0.507 e. The van der Waals surface area contributed by atoms with E-state index >= 15 is 0 Å². The van der Waals surface area contributed by atoms with Crippen LogP contribution in [-0.4, -0.2) is 10.9 Å². The van der Waals surface area contributed by atoms with Gasteiger partial charge in [0.2, 0.25) is 0 Å². The van der Waals surface area contributed by atoms with Crippen LogP contribution >= 0.6 is 0 Å². The van der Waals surface area contributed by atoms with Crippen molar-refractivity contribution in [3.8, 4) is 5.75 Å². The Bertz CT molecular complexity index is 501. The number of Topliss-reactive ketones (excluding diaryl/α,β-unsaturated/α-hetero) is 1. The third-order valence-corrected chi connectivity index (χ3v) is 2.26. The van der Waals surface area contributed by atoms with Crippen molar-refractivity contribution in [3.63, 3.8) is 0 Å². The molecule has 0 spiro atoms. The van der Waals surface area contributed by atoms with E-state index in [0.29, 0.717) is 5.56 Å². The molecular weight excluding hydrogens is 176 g/mol. The van der Waals surface area contributed by atoms with Crippen LogP contribution in [0.3, 0.4) is 0 Å². The third kappa shape index (κ3) is 1.35. The van der Waals surface area contributed by atoms with E-state index < -0.39 is 0 Å². The van der Waals surface area contributed by atoms with Crippen molar-refractivity contribution in [2.75, 3.05) is 0 Å². The number of aromatic hydroxyl groups is 1. The molecule has 0 saturated heterocycles. The van der Waals surface area contributed by atoms with Gasteiger partial charge >= 0.3 is 0 Å². The highest BCUT2D eigenvalue weighted by molar-refractivity contribution is 5.99. The first-order valence-electron chi connectivity index (χ1n) is 4.41. The maximum Gasteiger partial charge on any atom is 0.159 e.